The number of rotatable bonds is 3. The van der Waals surface area contributed by atoms with Gasteiger partial charge in [-0.25, -0.2) is 0 Å². The standard InChI is InChI=1S/C4H9IN2O/c5-1-3(7)4(8)2-6/h4,7-8H,1-2,6H2. The highest BCUT2D eigenvalue weighted by molar-refractivity contribution is 14.1. The van der Waals surface area contributed by atoms with Gasteiger partial charge in [0, 0.05) is 16.7 Å². The van der Waals surface area contributed by atoms with Crippen molar-refractivity contribution in [2.45, 2.75) is 6.10 Å². The van der Waals surface area contributed by atoms with E-state index in [0.29, 0.717) is 10.1 Å². The van der Waals surface area contributed by atoms with Gasteiger partial charge in [0.1, 0.15) is 6.10 Å². The van der Waals surface area contributed by atoms with Crippen molar-refractivity contribution in [3.05, 3.63) is 0 Å². The zero-order valence-corrected chi connectivity index (χ0v) is 6.55. The van der Waals surface area contributed by atoms with E-state index in [1.807, 2.05) is 22.6 Å². The summed E-state index contributed by atoms with van der Waals surface area (Å²) in [7, 11) is 0. The molecule has 0 aliphatic heterocycles. The Balaban J connectivity index is 3.46. The minimum Gasteiger partial charge on any atom is -0.386 e. The van der Waals surface area contributed by atoms with Gasteiger partial charge in [-0.15, -0.1) is 0 Å². The fourth-order valence-corrected chi connectivity index (χ4v) is 0.740. The molecule has 0 spiro atoms. The second-order valence-electron chi connectivity index (χ2n) is 1.41. The molecule has 4 heteroatoms. The van der Waals surface area contributed by atoms with Crippen molar-refractivity contribution >= 4 is 28.3 Å². The Bertz CT molecular complexity index is 86.1. The van der Waals surface area contributed by atoms with Crippen molar-refractivity contribution in [3.8, 4) is 0 Å². The monoisotopic (exact) mass is 228 g/mol. The van der Waals surface area contributed by atoms with E-state index in [9.17, 15) is 0 Å². The number of alkyl halides is 1. The average molecular weight is 228 g/mol. The maximum absolute atomic E-state index is 8.77. The number of aliphatic hydroxyl groups is 1. The van der Waals surface area contributed by atoms with Gasteiger partial charge in [0.25, 0.3) is 0 Å². The van der Waals surface area contributed by atoms with Gasteiger partial charge < -0.3 is 16.2 Å². The third kappa shape index (κ3) is 2.58. The van der Waals surface area contributed by atoms with Crippen LogP contribution in [-0.4, -0.2) is 27.9 Å². The van der Waals surface area contributed by atoms with Crippen LogP contribution in [0.3, 0.4) is 0 Å². The molecule has 0 heterocycles. The van der Waals surface area contributed by atoms with E-state index in [1.54, 1.807) is 0 Å². The number of hydrogen-bond acceptors (Lipinski definition) is 3. The van der Waals surface area contributed by atoms with Crippen LogP contribution in [0.2, 0.25) is 0 Å². The van der Waals surface area contributed by atoms with Crippen LogP contribution >= 0.6 is 22.6 Å². The number of halogens is 1. The summed E-state index contributed by atoms with van der Waals surface area (Å²) in [6, 6.07) is 0. The number of nitrogens with two attached hydrogens (primary N) is 1. The van der Waals surface area contributed by atoms with E-state index in [4.69, 9.17) is 16.2 Å². The first kappa shape index (κ1) is 8.32. The Morgan fingerprint density at radius 2 is 2.38 bits per heavy atom. The Morgan fingerprint density at radius 3 is 2.50 bits per heavy atom. The molecule has 0 saturated carbocycles. The molecule has 1 unspecified atom stereocenters. The minimum atomic E-state index is -0.730. The van der Waals surface area contributed by atoms with Gasteiger partial charge in [-0.1, -0.05) is 22.6 Å². The molecule has 4 N–H and O–H groups in total. The second kappa shape index (κ2) is 4.22. The SMILES string of the molecule is N=C(CI)C(O)CN. The van der Waals surface area contributed by atoms with Gasteiger partial charge in [-0.3, -0.25) is 0 Å². The normalized spacial score (nSPS) is 13.4. The fourth-order valence-electron chi connectivity index (χ4n) is 0.231. The third-order valence-corrected chi connectivity index (χ3v) is 1.59. The molecule has 8 heavy (non-hydrogen) atoms. The molecular weight excluding hydrogens is 219 g/mol. The van der Waals surface area contributed by atoms with E-state index in [1.165, 1.54) is 0 Å². The van der Waals surface area contributed by atoms with Crippen LogP contribution in [0.4, 0.5) is 0 Å². The molecule has 0 rings (SSSR count). The quantitative estimate of drug-likeness (QED) is 0.354. The maximum Gasteiger partial charge on any atom is 0.104 e. The Morgan fingerprint density at radius 1 is 1.88 bits per heavy atom. The molecule has 3 nitrogen and oxygen atoms in total. The summed E-state index contributed by atoms with van der Waals surface area (Å²) in [6.07, 6.45) is -0.730. The van der Waals surface area contributed by atoms with E-state index < -0.39 is 6.10 Å². The van der Waals surface area contributed by atoms with Crippen LogP contribution in [-0.2, 0) is 0 Å². The molecular formula is C4H9IN2O. The number of aliphatic hydroxyl groups excluding tert-OH is 1. The lowest BCUT2D eigenvalue weighted by molar-refractivity contribution is 0.248. The second-order valence-corrected chi connectivity index (χ2v) is 2.17. The van der Waals surface area contributed by atoms with E-state index in [0.717, 1.165) is 0 Å². The summed E-state index contributed by atoms with van der Waals surface area (Å²) in [4.78, 5) is 0. The largest absolute Gasteiger partial charge is 0.386 e. The molecule has 48 valence electrons. The third-order valence-electron chi connectivity index (χ3n) is 0.769. The predicted molar refractivity (Wildman–Crippen MR) is 41.7 cm³/mol. The summed E-state index contributed by atoms with van der Waals surface area (Å²) < 4.78 is 0.552. The minimum absolute atomic E-state index is 0.155. The van der Waals surface area contributed by atoms with Gasteiger partial charge in [-0.2, -0.15) is 0 Å². The lowest BCUT2D eigenvalue weighted by Crippen LogP contribution is -2.29. The first-order valence-corrected chi connectivity index (χ1v) is 3.76. The predicted octanol–water partition coefficient (Wildman–Crippen LogP) is -0.239. The highest BCUT2D eigenvalue weighted by Gasteiger charge is 2.04. The van der Waals surface area contributed by atoms with Crippen LogP contribution in [0.1, 0.15) is 0 Å². The lowest BCUT2D eigenvalue weighted by Gasteiger charge is -2.04. The molecule has 0 aliphatic carbocycles. The van der Waals surface area contributed by atoms with Gasteiger partial charge in [0.15, 0.2) is 0 Å². The summed E-state index contributed by atoms with van der Waals surface area (Å²) in [5, 5.41) is 15.8. The zero-order valence-electron chi connectivity index (χ0n) is 4.39. The van der Waals surface area contributed by atoms with Crippen LogP contribution < -0.4 is 5.73 Å². The van der Waals surface area contributed by atoms with Crippen molar-refractivity contribution in [1.82, 2.24) is 0 Å². The molecule has 0 amide bonds. The van der Waals surface area contributed by atoms with Crippen LogP contribution in [0.25, 0.3) is 0 Å². The van der Waals surface area contributed by atoms with Crippen LogP contribution in [0, 0.1) is 5.41 Å². The maximum atomic E-state index is 8.77. The van der Waals surface area contributed by atoms with Crippen molar-refractivity contribution in [1.29, 1.82) is 5.41 Å². The van der Waals surface area contributed by atoms with Gasteiger partial charge in [0.05, 0.1) is 0 Å². The van der Waals surface area contributed by atoms with Gasteiger partial charge in [-0.05, 0) is 0 Å². The molecule has 0 aromatic rings. The highest BCUT2D eigenvalue weighted by atomic mass is 127. The number of hydrogen-bond donors (Lipinski definition) is 3. The molecule has 0 bridgehead atoms. The fraction of sp³-hybridized carbons (Fsp3) is 0.750. The van der Waals surface area contributed by atoms with Crippen molar-refractivity contribution in [2.24, 2.45) is 5.73 Å². The van der Waals surface area contributed by atoms with E-state index in [2.05, 4.69) is 0 Å². The molecule has 1 atom stereocenters. The zero-order chi connectivity index (χ0) is 6.57. The van der Waals surface area contributed by atoms with Crippen molar-refractivity contribution in [3.63, 3.8) is 0 Å². The molecule has 0 aromatic carbocycles. The Kier molecular flexibility index (Phi) is 4.39. The van der Waals surface area contributed by atoms with Crippen LogP contribution in [0.5, 0.6) is 0 Å². The van der Waals surface area contributed by atoms with E-state index >= 15 is 0 Å². The molecule has 0 saturated heterocycles. The molecule has 0 radical (unpaired) electrons. The first-order chi connectivity index (χ1) is 3.72. The van der Waals surface area contributed by atoms with Gasteiger partial charge >= 0.3 is 0 Å². The average Bonchev–Trinajstić information content (AvgIpc) is 1.84. The Hall–Kier alpha value is 0.320. The van der Waals surface area contributed by atoms with Crippen LogP contribution in [0.15, 0.2) is 0 Å². The molecule has 0 aromatic heterocycles. The summed E-state index contributed by atoms with van der Waals surface area (Å²) in [5.74, 6) is 0. The topological polar surface area (TPSA) is 70.1 Å². The van der Waals surface area contributed by atoms with Crippen molar-refractivity contribution < 1.29 is 5.11 Å². The molecule has 0 aliphatic rings. The number of nitrogens with one attached hydrogen (secondary N) is 1. The summed E-state index contributed by atoms with van der Waals surface area (Å²) >= 11 is 2.01. The molecule has 0 fully saturated rings. The smallest absolute Gasteiger partial charge is 0.104 e. The highest BCUT2D eigenvalue weighted by Crippen LogP contribution is 1.88. The Labute approximate surface area is 61.9 Å². The first-order valence-electron chi connectivity index (χ1n) is 2.23. The van der Waals surface area contributed by atoms with E-state index in [-0.39, 0.29) is 6.54 Å². The summed E-state index contributed by atoms with van der Waals surface area (Å²) in [6.45, 7) is 0.155. The van der Waals surface area contributed by atoms with Gasteiger partial charge in [0.2, 0.25) is 0 Å². The summed E-state index contributed by atoms with van der Waals surface area (Å²) in [5.41, 5.74) is 5.35. The van der Waals surface area contributed by atoms with Crippen molar-refractivity contribution in [2.75, 3.05) is 11.0 Å². The lowest BCUT2D eigenvalue weighted by atomic mass is 10.2.